The number of hydrogen-bond donors (Lipinski definition) is 2. The van der Waals surface area contributed by atoms with Gasteiger partial charge < -0.3 is 5.11 Å². The highest BCUT2D eigenvalue weighted by Crippen LogP contribution is 2.25. The van der Waals surface area contributed by atoms with E-state index in [-0.39, 0.29) is 34.0 Å². The summed E-state index contributed by atoms with van der Waals surface area (Å²) in [7, 11) is -3.78. The summed E-state index contributed by atoms with van der Waals surface area (Å²) in [4.78, 5) is -0.103. The highest BCUT2D eigenvalue weighted by molar-refractivity contribution is 7.89. The Balaban J connectivity index is 2.12. The summed E-state index contributed by atoms with van der Waals surface area (Å²) in [6.45, 7) is 0.261. The molecular formula is C14H17ClN2O3S. The second-order valence-electron chi connectivity index (χ2n) is 5.26. The molecule has 1 aliphatic carbocycles. The summed E-state index contributed by atoms with van der Waals surface area (Å²) < 4.78 is 27.1. The smallest absolute Gasteiger partial charge is 0.241 e. The van der Waals surface area contributed by atoms with Gasteiger partial charge in [0.2, 0.25) is 10.0 Å². The quantitative estimate of drug-likeness (QED) is 0.885. The fourth-order valence-corrected chi connectivity index (χ4v) is 4.16. The maximum atomic E-state index is 12.3. The summed E-state index contributed by atoms with van der Waals surface area (Å²) in [5.41, 5.74) is -0.0460. The van der Waals surface area contributed by atoms with E-state index in [1.165, 1.54) is 18.2 Å². The molecule has 5 nitrogen and oxygen atoms in total. The molecule has 1 aliphatic rings. The van der Waals surface area contributed by atoms with Crippen molar-refractivity contribution in [2.45, 2.75) is 36.7 Å². The summed E-state index contributed by atoms with van der Waals surface area (Å²) in [6, 6.07) is 6.17. The molecule has 1 saturated carbocycles. The van der Waals surface area contributed by atoms with Crippen LogP contribution < -0.4 is 4.72 Å². The van der Waals surface area contributed by atoms with Crippen LogP contribution in [0.15, 0.2) is 23.1 Å². The van der Waals surface area contributed by atoms with Gasteiger partial charge in [0.25, 0.3) is 0 Å². The van der Waals surface area contributed by atoms with Gasteiger partial charge in [0.1, 0.15) is 11.0 Å². The molecule has 0 radical (unpaired) electrons. The van der Waals surface area contributed by atoms with Crippen LogP contribution in [0.5, 0.6) is 0 Å². The third-order valence-corrected chi connectivity index (χ3v) is 5.47. The molecule has 2 rings (SSSR count). The van der Waals surface area contributed by atoms with Crippen molar-refractivity contribution in [2.75, 3.05) is 6.54 Å². The van der Waals surface area contributed by atoms with E-state index < -0.39 is 10.0 Å². The molecule has 1 fully saturated rings. The molecule has 0 aliphatic heterocycles. The van der Waals surface area contributed by atoms with Gasteiger partial charge in [0.05, 0.1) is 16.7 Å². The lowest BCUT2D eigenvalue weighted by atomic mass is 9.87. The Labute approximate surface area is 129 Å². The van der Waals surface area contributed by atoms with Crippen molar-refractivity contribution in [3.8, 4) is 6.07 Å². The Kier molecular flexibility index (Phi) is 5.22. The van der Waals surface area contributed by atoms with Crippen LogP contribution in [0.2, 0.25) is 5.02 Å². The van der Waals surface area contributed by atoms with E-state index in [9.17, 15) is 13.5 Å². The van der Waals surface area contributed by atoms with Gasteiger partial charge in [-0.3, -0.25) is 0 Å². The first-order chi connectivity index (χ1) is 9.94. The molecule has 114 valence electrons. The molecule has 0 amide bonds. The van der Waals surface area contributed by atoms with Crippen molar-refractivity contribution in [1.82, 2.24) is 4.72 Å². The number of rotatable bonds is 4. The normalized spacial score (nSPS) is 22.7. The summed E-state index contributed by atoms with van der Waals surface area (Å²) >= 11 is 5.86. The van der Waals surface area contributed by atoms with Crippen LogP contribution in [-0.4, -0.2) is 26.2 Å². The zero-order valence-corrected chi connectivity index (χ0v) is 13.0. The SMILES string of the molecule is N#Cc1c(Cl)cccc1S(=O)(=O)NCC1CCCC(O)C1. The zero-order valence-electron chi connectivity index (χ0n) is 11.4. The van der Waals surface area contributed by atoms with E-state index in [4.69, 9.17) is 16.9 Å². The molecule has 2 atom stereocenters. The fraction of sp³-hybridized carbons (Fsp3) is 0.500. The van der Waals surface area contributed by atoms with Gasteiger partial charge in [0, 0.05) is 6.54 Å². The monoisotopic (exact) mass is 328 g/mol. The molecule has 21 heavy (non-hydrogen) atoms. The standard InChI is InChI=1S/C14H17ClN2O3S/c15-13-5-2-6-14(12(13)8-16)21(19,20)17-9-10-3-1-4-11(18)7-10/h2,5-6,10-11,17-18H,1,3-4,7,9H2. The van der Waals surface area contributed by atoms with E-state index in [1.807, 2.05) is 6.07 Å². The number of aliphatic hydroxyl groups is 1. The van der Waals surface area contributed by atoms with E-state index in [0.29, 0.717) is 6.42 Å². The Hall–Kier alpha value is -1.13. The molecule has 2 N–H and O–H groups in total. The van der Waals surface area contributed by atoms with E-state index in [2.05, 4.69) is 4.72 Å². The van der Waals surface area contributed by atoms with Crippen LogP contribution in [0.4, 0.5) is 0 Å². The number of hydrogen-bond acceptors (Lipinski definition) is 4. The van der Waals surface area contributed by atoms with Gasteiger partial charge in [-0.05, 0) is 37.3 Å². The lowest BCUT2D eigenvalue weighted by molar-refractivity contribution is 0.102. The minimum absolute atomic E-state index is 0.0460. The highest BCUT2D eigenvalue weighted by Gasteiger charge is 2.24. The topological polar surface area (TPSA) is 90.2 Å². The summed E-state index contributed by atoms with van der Waals surface area (Å²) in [5.74, 6) is 0.119. The number of sulfonamides is 1. The summed E-state index contributed by atoms with van der Waals surface area (Å²) in [5, 5.41) is 18.8. The van der Waals surface area contributed by atoms with E-state index >= 15 is 0 Å². The first-order valence-electron chi connectivity index (χ1n) is 6.80. The predicted molar refractivity (Wildman–Crippen MR) is 79.3 cm³/mol. The average Bonchev–Trinajstić information content (AvgIpc) is 2.45. The van der Waals surface area contributed by atoms with Crippen molar-refractivity contribution in [3.05, 3.63) is 28.8 Å². The minimum Gasteiger partial charge on any atom is -0.393 e. The van der Waals surface area contributed by atoms with Crippen LogP contribution in [0.25, 0.3) is 0 Å². The maximum Gasteiger partial charge on any atom is 0.241 e. The first kappa shape index (κ1) is 16.2. The minimum atomic E-state index is -3.78. The second kappa shape index (κ2) is 6.75. The van der Waals surface area contributed by atoms with Crippen molar-refractivity contribution in [3.63, 3.8) is 0 Å². The molecule has 0 heterocycles. The third-order valence-electron chi connectivity index (χ3n) is 3.69. The van der Waals surface area contributed by atoms with E-state index in [1.54, 1.807) is 0 Å². The Morgan fingerprint density at radius 2 is 2.19 bits per heavy atom. The molecule has 0 spiro atoms. The van der Waals surface area contributed by atoms with Crippen molar-refractivity contribution >= 4 is 21.6 Å². The molecule has 1 aromatic rings. The Morgan fingerprint density at radius 1 is 1.43 bits per heavy atom. The molecular weight excluding hydrogens is 312 g/mol. The van der Waals surface area contributed by atoms with Gasteiger partial charge in [-0.25, -0.2) is 13.1 Å². The molecule has 1 aromatic carbocycles. The van der Waals surface area contributed by atoms with Crippen LogP contribution in [0.1, 0.15) is 31.2 Å². The van der Waals surface area contributed by atoms with Gasteiger partial charge in [-0.2, -0.15) is 5.26 Å². The number of nitrogens with zero attached hydrogens (tertiary/aromatic N) is 1. The molecule has 0 saturated heterocycles. The number of nitriles is 1. The zero-order chi connectivity index (χ0) is 15.5. The predicted octanol–water partition coefficient (Wildman–Crippen LogP) is 2.04. The number of benzene rings is 1. The first-order valence-corrected chi connectivity index (χ1v) is 8.66. The maximum absolute atomic E-state index is 12.3. The highest BCUT2D eigenvalue weighted by atomic mass is 35.5. The number of nitrogens with one attached hydrogen (secondary N) is 1. The van der Waals surface area contributed by atoms with Crippen molar-refractivity contribution < 1.29 is 13.5 Å². The van der Waals surface area contributed by atoms with E-state index in [0.717, 1.165) is 19.3 Å². The molecule has 7 heteroatoms. The molecule has 2 unspecified atom stereocenters. The number of halogens is 1. The Morgan fingerprint density at radius 3 is 2.86 bits per heavy atom. The van der Waals surface area contributed by atoms with Gasteiger partial charge in [0.15, 0.2) is 0 Å². The van der Waals surface area contributed by atoms with Crippen molar-refractivity contribution in [1.29, 1.82) is 5.26 Å². The van der Waals surface area contributed by atoms with Gasteiger partial charge >= 0.3 is 0 Å². The Bertz CT molecular complexity index is 655. The van der Waals surface area contributed by atoms with Crippen LogP contribution in [0, 0.1) is 17.2 Å². The lowest BCUT2D eigenvalue weighted by Crippen LogP contribution is -2.33. The van der Waals surface area contributed by atoms with Crippen LogP contribution in [-0.2, 0) is 10.0 Å². The fourth-order valence-electron chi connectivity index (χ4n) is 2.59. The lowest BCUT2D eigenvalue weighted by Gasteiger charge is -2.25. The van der Waals surface area contributed by atoms with Crippen LogP contribution >= 0.6 is 11.6 Å². The average molecular weight is 329 g/mol. The molecule has 0 bridgehead atoms. The van der Waals surface area contributed by atoms with Crippen molar-refractivity contribution in [2.24, 2.45) is 5.92 Å². The summed E-state index contributed by atoms with van der Waals surface area (Å²) in [6.07, 6.45) is 2.81. The third kappa shape index (κ3) is 3.95. The van der Waals surface area contributed by atoms with Gasteiger partial charge in [-0.15, -0.1) is 0 Å². The van der Waals surface area contributed by atoms with Gasteiger partial charge in [-0.1, -0.05) is 24.1 Å². The number of aliphatic hydroxyl groups excluding tert-OH is 1. The second-order valence-corrected chi connectivity index (χ2v) is 7.41. The van der Waals surface area contributed by atoms with Crippen LogP contribution in [0.3, 0.4) is 0 Å². The largest absolute Gasteiger partial charge is 0.393 e. The molecule has 0 aromatic heterocycles.